The molecule has 0 aliphatic heterocycles. The van der Waals surface area contributed by atoms with Crippen LogP contribution in [-0.2, 0) is 16.6 Å². The minimum Gasteiger partial charge on any atom is -0.378 e. The molecular weight excluding hydrogens is 222 g/mol. The predicted molar refractivity (Wildman–Crippen MR) is 73.7 cm³/mol. The van der Waals surface area contributed by atoms with Gasteiger partial charge in [0.05, 0.1) is 5.60 Å². The van der Waals surface area contributed by atoms with E-state index in [1.807, 2.05) is 7.11 Å². The summed E-state index contributed by atoms with van der Waals surface area (Å²) in [5, 5.41) is 0. The van der Waals surface area contributed by atoms with E-state index in [1.54, 1.807) is 0 Å². The molecule has 2 heteroatoms. The lowest BCUT2D eigenvalue weighted by Crippen LogP contribution is -2.41. The van der Waals surface area contributed by atoms with E-state index < -0.39 is 0 Å². The average molecular weight is 245 g/mol. The number of ether oxygens (including phenoxy) is 1. The SMILES string of the molecule is COC1(Cc2ccc(C3(CN)CCC3)cc2)CC1. The second-order valence-corrected chi connectivity index (χ2v) is 6.10. The monoisotopic (exact) mass is 245 g/mol. The summed E-state index contributed by atoms with van der Waals surface area (Å²) in [5.74, 6) is 0. The molecule has 0 radical (unpaired) electrons. The van der Waals surface area contributed by atoms with Gasteiger partial charge in [-0.25, -0.2) is 0 Å². The van der Waals surface area contributed by atoms with Crippen molar-refractivity contribution >= 4 is 0 Å². The fourth-order valence-electron chi connectivity index (χ4n) is 3.15. The first-order valence-electron chi connectivity index (χ1n) is 7.07. The third-order valence-electron chi connectivity index (χ3n) is 5.03. The summed E-state index contributed by atoms with van der Waals surface area (Å²) < 4.78 is 5.58. The van der Waals surface area contributed by atoms with E-state index in [0.717, 1.165) is 13.0 Å². The van der Waals surface area contributed by atoms with Crippen molar-refractivity contribution in [1.29, 1.82) is 0 Å². The largest absolute Gasteiger partial charge is 0.378 e. The minimum absolute atomic E-state index is 0.156. The topological polar surface area (TPSA) is 35.2 Å². The Morgan fingerprint density at radius 1 is 1.11 bits per heavy atom. The predicted octanol–water partition coefficient (Wildman–Crippen LogP) is 2.79. The Morgan fingerprint density at radius 2 is 1.78 bits per heavy atom. The Bertz CT molecular complexity index is 410. The maximum atomic E-state index is 5.95. The van der Waals surface area contributed by atoms with Crippen LogP contribution in [0.2, 0.25) is 0 Å². The molecule has 0 spiro atoms. The highest BCUT2D eigenvalue weighted by molar-refractivity contribution is 5.32. The Labute approximate surface area is 110 Å². The molecule has 1 aromatic carbocycles. The highest BCUT2D eigenvalue weighted by atomic mass is 16.5. The molecule has 0 heterocycles. The van der Waals surface area contributed by atoms with Gasteiger partial charge in [-0.2, -0.15) is 0 Å². The number of rotatable bonds is 5. The van der Waals surface area contributed by atoms with Crippen molar-refractivity contribution < 1.29 is 4.74 Å². The quantitative estimate of drug-likeness (QED) is 0.865. The third-order valence-corrected chi connectivity index (χ3v) is 5.03. The Balaban J connectivity index is 1.73. The van der Waals surface area contributed by atoms with Gasteiger partial charge in [-0.15, -0.1) is 0 Å². The summed E-state index contributed by atoms with van der Waals surface area (Å²) in [6, 6.07) is 9.11. The van der Waals surface area contributed by atoms with Crippen LogP contribution >= 0.6 is 0 Å². The van der Waals surface area contributed by atoms with E-state index in [9.17, 15) is 0 Å². The van der Waals surface area contributed by atoms with E-state index in [-0.39, 0.29) is 11.0 Å². The standard InChI is InChI=1S/C16H23NO/c1-18-16(9-10-16)11-13-3-5-14(6-4-13)15(12-17)7-2-8-15/h3-6H,2,7-12,17H2,1H3. The normalized spacial score (nSPS) is 23.4. The van der Waals surface area contributed by atoms with Gasteiger partial charge >= 0.3 is 0 Å². The highest BCUT2D eigenvalue weighted by Gasteiger charge is 2.43. The first kappa shape index (κ1) is 12.2. The Kier molecular flexibility index (Phi) is 2.95. The number of methoxy groups -OCH3 is 1. The van der Waals surface area contributed by atoms with E-state index >= 15 is 0 Å². The molecule has 0 amide bonds. The van der Waals surface area contributed by atoms with Gasteiger partial charge in [0.25, 0.3) is 0 Å². The van der Waals surface area contributed by atoms with Crippen LogP contribution in [0.1, 0.15) is 43.2 Å². The zero-order valence-corrected chi connectivity index (χ0v) is 11.2. The van der Waals surface area contributed by atoms with Gasteiger partial charge in [0.15, 0.2) is 0 Å². The third kappa shape index (κ3) is 1.98. The second-order valence-electron chi connectivity index (χ2n) is 6.10. The van der Waals surface area contributed by atoms with Crippen LogP contribution in [0.25, 0.3) is 0 Å². The lowest BCUT2D eigenvalue weighted by molar-refractivity contribution is 0.0807. The molecule has 3 rings (SSSR count). The molecule has 0 atom stereocenters. The van der Waals surface area contributed by atoms with Crippen LogP contribution in [0, 0.1) is 0 Å². The van der Waals surface area contributed by atoms with Crippen molar-refractivity contribution in [2.24, 2.45) is 5.73 Å². The van der Waals surface area contributed by atoms with Crippen molar-refractivity contribution in [2.45, 2.75) is 49.5 Å². The molecule has 0 aromatic heterocycles. The molecule has 0 unspecified atom stereocenters. The smallest absolute Gasteiger partial charge is 0.0721 e. The van der Waals surface area contributed by atoms with Gasteiger partial charge in [-0.3, -0.25) is 0 Å². The zero-order valence-electron chi connectivity index (χ0n) is 11.2. The van der Waals surface area contributed by atoms with Crippen molar-refractivity contribution in [2.75, 3.05) is 13.7 Å². The van der Waals surface area contributed by atoms with Crippen LogP contribution < -0.4 is 5.73 Å². The minimum atomic E-state index is 0.156. The van der Waals surface area contributed by atoms with Crippen LogP contribution in [-0.4, -0.2) is 19.3 Å². The van der Waals surface area contributed by atoms with E-state index in [1.165, 1.54) is 43.2 Å². The summed E-state index contributed by atoms with van der Waals surface area (Å²) >= 11 is 0. The lowest BCUT2D eigenvalue weighted by atomic mass is 9.64. The highest BCUT2D eigenvalue weighted by Crippen LogP contribution is 2.44. The summed E-state index contributed by atoms with van der Waals surface area (Å²) in [7, 11) is 1.83. The fraction of sp³-hybridized carbons (Fsp3) is 0.625. The molecule has 0 saturated heterocycles. The van der Waals surface area contributed by atoms with Crippen molar-refractivity contribution in [3.05, 3.63) is 35.4 Å². The van der Waals surface area contributed by atoms with Gasteiger partial charge < -0.3 is 10.5 Å². The molecular formula is C16H23NO. The van der Waals surface area contributed by atoms with Crippen molar-refractivity contribution in [3.8, 4) is 0 Å². The maximum absolute atomic E-state index is 5.95. The van der Waals surface area contributed by atoms with E-state index in [2.05, 4.69) is 24.3 Å². The van der Waals surface area contributed by atoms with Gasteiger partial charge in [-0.1, -0.05) is 30.7 Å². The molecule has 2 nitrogen and oxygen atoms in total. The molecule has 2 aliphatic rings. The van der Waals surface area contributed by atoms with Crippen LogP contribution in [0.4, 0.5) is 0 Å². The van der Waals surface area contributed by atoms with E-state index in [0.29, 0.717) is 0 Å². The molecule has 2 saturated carbocycles. The average Bonchev–Trinajstić information content (AvgIpc) is 3.11. The van der Waals surface area contributed by atoms with Gasteiger partial charge in [0, 0.05) is 25.5 Å². The Hall–Kier alpha value is -0.860. The molecule has 98 valence electrons. The van der Waals surface area contributed by atoms with E-state index in [4.69, 9.17) is 10.5 Å². The lowest BCUT2D eigenvalue weighted by Gasteiger charge is -2.41. The first-order valence-corrected chi connectivity index (χ1v) is 7.07. The van der Waals surface area contributed by atoms with Crippen molar-refractivity contribution in [3.63, 3.8) is 0 Å². The number of nitrogens with two attached hydrogens (primary N) is 1. The van der Waals surface area contributed by atoms with Gasteiger partial charge in [0.1, 0.15) is 0 Å². The van der Waals surface area contributed by atoms with Crippen molar-refractivity contribution in [1.82, 2.24) is 0 Å². The molecule has 1 aromatic rings. The fourth-order valence-corrected chi connectivity index (χ4v) is 3.15. The summed E-state index contributed by atoms with van der Waals surface area (Å²) in [5.41, 5.74) is 9.22. The maximum Gasteiger partial charge on any atom is 0.0721 e. The number of hydrogen-bond acceptors (Lipinski definition) is 2. The Morgan fingerprint density at radius 3 is 2.17 bits per heavy atom. The zero-order chi connectivity index (χ0) is 12.6. The summed E-state index contributed by atoms with van der Waals surface area (Å²) in [6.45, 7) is 0.786. The summed E-state index contributed by atoms with van der Waals surface area (Å²) in [6.07, 6.45) is 7.30. The van der Waals surface area contributed by atoms with Crippen LogP contribution in [0.5, 0.6) is 0 Å². The summed E-state index contributed by atoms with van der Waals surface area (Å²) in [4.78, 5) is 0. The van der Waals surface area contributed by atoms with Crippen LogP contribution in [0.3, 0.4) is 0 Å². The molecule has 2 aliphatic carbocycles. The number of benzene rings is 1. The second kappa shape index (κ2) is 4.36. The number of hydrogen-bond donors (Lipinski definition) is 1. The molecule has 2 N–H and O–H groups in total. The van der Waals surface area contributed by atoms with Crippen LogP contribution in [0.15, 0.2) is 24.3 Å². The first-order chi connectivity index (χ1) is 8.72. The molecule has 2 fully saturated rings. The molecule has 18 heavy (non-hydrogen) atoms. The van der Waals surface area contributed by atoms with Gasteiger partial charge in [-0.05, 0) is 36.8 Å². The molecule has 0 bridgehead atoms. The van der Waals surface area contributed by atoms with Gasteiger partial charge in [0.2, 0.25) is 0 Å².